The van der Waals surface area contributed by atoms with Crippen LogP contribution in [0, 0.1) is 9.49 Å². The molecular formula is C14H21ClIN3O. The van der Waals surface area contributed by atoms with E-state index in [1.165, 1.54) is 0 Å². The molecule has 0 saturated carbocycles. The Morgan fingerprint density at radius 1 is 1.50 bits per heavy atom. The molecular weight excluding hydrogens is 389 g/mol. The first-order chi connectivity index (χ1) is 9.10. The number of nitrogens with zero attached hydrogens (tertiary/aromatic N) is 1. The van der Waals surface area contributed by atoms with Gasteiger partial charge in [-0.25, -0.2) is 0 Å². The zero-order valence-electron chi connectivity index (χ0n) is 11.5. The molecule has 2 rings (SSSR count). The van der Waals surface area contributed by atoms with E-state index in [4.69, 9.17) is 5.73 Å². The van der Waals surface area contributed by atoms with Gasteiger partial charge in [-0.15, -0.1) is 12.4 Å². The van der Waals surface area contributed by atoms with Gasteiger partial charge in [0.05, 0.1) is 12.2 Å². The molecule has 0 aliphatic carbocycles. The molecule has 1 saturated heterocycles. The van der Waals surface area contributed by atoms with E-state index in [9.17, 15) is 4.79 Å². The largest absolute Gasteiger partial charge is 0.330 e. The summed E-state index contributed by atoms with van der Waals surface area (Å²) in [5.74, 6) is 0.577. The summed E-state index contributed by atoms with van der Waals surface area (Å²) in [6.07, 6.45) is 1.09. The number of amides is 1. The lowest BCUT2D eigenvalue weighted by Crippen LogP contribution is -2.36. The Morgan fingerprint density at radius 2 is 2.20 bits per heavy atom. The maximum absolute atomic E-state index is 12.1. The molecule has 3 N–H and O–H groups in total. The second-order valence-electron chi connectivity index (χ2n) is 5.14. The summed E-state index contributed by atoms with van der Waals surface area (Å²) in [4.78, 5) is 14.3. The molecule has 0 spiro atoms. The standard InChI is InChI=1S/C14H20IN3O.ClH/c1-10-6-11(7-16)8-18(10)9-14(19)17-13-5-3-2-4-12(13)15;/h2-5,10-11H,6-9,16H2,1H3,(H,17,19);1H. The van der Waals surface area contributed by atoms with Crippen LogP contribution >= 0.6 is 35.0 Å². The number of likely N-dealkylation sites (tertiary alicyclic amines) is 1. The van der Waals surface area contributed by atoms with Crippen LogP contribution in [-0.4, -0.2) is 36.5 Å². The van der Waals surface area contributed by atoms with Crippen molar-refractivity contribution < 1.29 is 4.79 Å². The summed E-state index contributed by atoms with van der Waals surface area (Å²) in [5, 5.41) is 2.97. The van der Waals surface area contributed by atoms with Crippen molar-refractivity contribution in [2.45, 2.75) is 19.4 Å². The van der Waals surface area contributed by atoms with Crippen LogP contribution in [-0.2, 0) is 4.79 Å². The summed E-state index contributed by atoms with van der Waals surface area (Å²) in [7, 11) is 0. The van der Waals surface area contributed by atoms with Crippen LogP contribution in [0.4, 0.5) is 5.69 Å². The molecule has 6 heteroatoms. The van der Waals surface area contributed by atoms with Gasteiger partial charge in [-0.2, -0.15) is 0 Å². The number of anilines is 1. The highest BCUT2D eigenvalue weighted by molar-refractivity contribution is 14.1. The molecule has 1 aliphatic rings. The maximum atomic E-state index is 12.1. The van der Waals surface area contributed by atoms with E-state index in [1.807, 2.05) is 24.3 Å². The van der Waals surface area contributed by atoms with Crippen molar-refractivity contribution in [2.24, 2.45) is 11.7 Å². The van der Waals surface area contributed by atoms with Crippen molar-refractivity contribution in [1.82, 2.24) is 4.90 Å². The monoisotopic (exact) mass is 409 g/mol. The van der Waals surface area contributed by atoms with E-state index in [0.717, 1.165) is 22.2 Å². The first kappa shape index (κ1) is 17.7. The van der Waals surface area contributed by atoms with Gasteiger partial charge in [0.15, 0.2) is 0 Å². The predicted octanol–water partition coefficient (Wildman–Crippen LogP) is 2.32. The Kier molecular flexibility index (Phi) is 7.22. The highest BCUT2D eigenvalue weighted by Gasteiger charge is 2.29. The van der Waals surface area contributed by atoms with Crippen LogP contribution in [0.3, 0.4) is 0 Å². The molecule has 20 heavy (non-hydrogen) atoms. The van der Waals surface area contributed by atoms with Gasteiger partial charge in [-0.1, -0.05) is 12.1 Å². The lowest BCUT2D eigenvalue weighted by Gasteiger charge is -2.20. The summed E-state index contributed by atoms with van der Waals surface area (Å²) >= 11 is 2.23. The Hall–Kier alpha value is -0.370. The molecule has 0 bridgehead atoms. The van der Waals surface area contributed by atoms with E-state index in [1.54, 1.807) is 0 Å². The number of halogens is 2. The third kappa shape index (κ3) is 4.58. The SMILES string of the molecule is CC1CC(CN)CN1CC(=O)Nc1ccccc1I.Cl. The third-order valence-corrected chi connectivity index (χ3v) is 4.56. The fraction of sp³-hybridized carbons (Fsp3) is 0.500. The number of carbonyl (C=O) groups excluding carboxylic acids is 1. The van der Waals surface area contributed by atoms with Crippen LogP contribution in [0.2, 0.25) is 0 Å². The van der Waals surface area contributed by atoms with E-state index < -0.39 is 0 Å². The molecule has 1 aromatic carbocycles. The molecule has 1 heterocycles. The zero-order chi connectivity index (χ0) is 13.8. The Labute approximate surface area is 140 Å². The molecule has 1 amide bonds. The van der Waals surface area contributed by atoms with Gasteiger partial charge in [-0.3, -0.25) is 9.69 Å². The number of rotatable bonds is 4. The fourth-order valence-corrected chi connectivity index (χ4v) is 3.07. The van der Waals surface area contributed by atoms with Gasteiger partial charge in [0.1, 0.15) is 0 Å². The van der Waals surface area contributed by atoms with Gasteiger partial charge >= 0.3 is 0 Å². The molecule has 2 atom stereocenters. The Morgan fingerprint density at radius 3 is 2.80 bits per heavy atom. The van der Waals surface area contributed by atoms with Gasteiger partial charge in [-0.05, 0) is 60.5 Å². The predicted molar refractivity (Wildman–Crippen MR) is 93.2 cm³/mol. The average Bonchev–Trinajstić information content (AvgIpc) is 2.73. The molecule has 112 valence electrons. The van der Waals surface area contributed by atoms with E-state index in [0.29, 0.717) is 25.0 Å². The van der Waals surface area contributed by atoms with E-state index in [-0.39, 0.29) is 18.3 Å². The van der Waals surface area contributed by atoms with Crippen molar-refractivity contribution in [1.29, 1.82) is 0 Å². The zero-order valence-corrected chi connectivity index (χ0v) is 14.5. The number of nitrogens with one attached hydrogen (secondary N) is 1. The quantitative estimate of drug-likeness (QED) is 0.751. The normalized spacial score (nSPS) is 22.4. The van der Waals surface area contributed by atoms with Gasteiger partial charge < -0.3 is 11.1 Å². The second kappa shape index (κ2) is 8.17. The first-order valence-corrected chi connectivity index (χ1v) is 7.66. The first-order valence-electron chi connectivity index (χ1n) is 6.58. The van der Waals surface area contributed by atoms with Crippen molar-refractivity contribution >= 4 is 46.6 Å². The second-order valence-corrected chi connectivity index (χ2v) is 6.31. The van der Waals surface area contributed by atoms with Crippen molar-refractivity contribution in [3.63, 3.8) is 0 Å². The average molecular weight is 410 g/mol. The van der Waals surface area contributed by atoms with E-state index >= 15 is 0 Å². The van der Waals surface area contributed by atoms with Crippen LogP contribution in [0.5, 0.6) is 0 Å². The summed E-state index contributed by atoms with van der Waals surface area (Å²) in [5.41, 5.74) is 6.59. The minimum atomic E-state index is 0. The Bertz CT molecular complexity index is 458. The summed E-state index contributed by atoms with van der Waals surface area (Å²) < 4.78 is 1.06. The molecule has 1 fully saturated rings. The summed E-state index contributed by atoms with van der Waals surface area (Å²) in [6, 6.07) is 8.25. The van der Waals surface area contributed by atoms with Crippen molar-refractivity contribution in [2.75, 3.05) is 25.0 Å². The number of benzene rings is 1. The lowest BCUT2D eigenvalue weighted by atomic mass is 10.1. The number of para-hydroxylation sites is 1. The van der Waals surface area contributed by atoms with Crippen LogP contribution in [0.15, 0.2) is 24.3 Å². The number of carbonyl (C=O) groups is 1. The molecule has 1 aromatic rings. The summed E-state index contributed by atoms with van der Waals surface area (Å²) in [6.45, 7) is 4.24. The topological polar surface area (TPSA) is 58.4 Å². The van der Waals surface area contributed by atoms with Crippen LogP contribution in [0.25, 0.3) is 0 Å². The van der Waals surface area contributed by atoms with Crippen molar-refractivity contribution in [3.05, 3.63) is 27.8 Å². The smallest absolute Gasteiger partial charge is 0.238 e. The van der Waals surface area contributed by atoms with Gasteiger partial charge in [0, 0.05) is 16.2 Å². The molecule has 0 aromatic heterocycles. The molecule has 2 unspecified atom stereocenters. The fourth-order valence-electron chi connectivity index (χ4n) is 2.55. The number of hydrogen-bond acceptors (Lipinski definition) is 3. The third-order valence-electron chi connectivity index (χ3n) is 3.62. The minimum Gasteiger partial charge on any atom is -0.330 e. The van der Waals surface area contributed by atoms with Gasteiger partial charge in [0.25, 0.3) is 0 Å². The molecule has 4 nitrogen and oxygen atoms in total. The lowest BCUT2D eigenvalue weighted by molar-refractivity contribution is -0.117. The van der Waals surface area contributed by atoms with Gasteiger partial charge in [0.2, 0.25) is 5.91 Å². The van der Waals surface area contributed by atoms with Crippen LogP contribution < -0.4 is 11.1 Å². The molecule has 1 aliphatic heterocycles. The number of nitrogens with two attached hydrogens (primary N) is 1. The maximum Gasteiger partial charge on any atom is 0.238 e. The highest BCUT2D eigenvalue weighted by atomic mass is 127. The van der Waals surface area contributed by atoms with Crippen molar-refractivity contribution in [3.8, 4) is 0 Å². The van der Waals surface area contributed by atoms with Crippen LogP contribution in [0.1, 0.15) is 13.3 Å². The highest BCUT2D eigenvalue weighted by Crippen LogP contribution is 2.22. The number of hydrogen-bond donors (Lipinski definition) is 2. The minimum absolute atomic E-state index is 0. The van der Waals surface area contributed by atoms with E-state index in [2.05, 4.69) is 39.7 Å². The Balaban J connectivity index is 0.00000200. The molecule has 0 radical (unpaired) electrons.